The normalized spacial score (nSPS) is 11.1. The fraction of sp³-hybridized carbons (Fsp3) is 0.400. The number of esters is 1. The predicted molar refractivity (Wildman–Crippen MR) is 76.6 cm³/mol. The number of benzene rings is 1. The van der Waals surface area contributed by atoms with Crippen LogP contribution in [0.1, 0.15) is 18.9 Å². The third-order valence-electron chi connectivity index (χ3n) is 2.82. The van der Waals surface area contributed by atoms with E-state index in [1.165, 1.54) is 7.11 Å². The molecule has 0 aliphatic heterocycles. The molecule has 0 atom stereocenters. The molecule has 0 spiro atoms. The third-order valence-corrected chi connectivity index (χ3v) is 2.82. The van der Waals surface area contributed by atoms with Gasteiger partial charge < -0.3 is 14.8 Å². The summed E-state index contributed by atoms with van der Waals surface area (Å²) in [7, 11) is 3.03. The maximum Gasteiger partial charge on any atom is 0.333 e. The fourth-order valence-corrected chi connectivity index (χ4v) is 1.75. The van der Waals surface area contributed by atoms with Gasteiger partial charge in [-0.15, -0.1) is 0 Å². The number of hydrogen-bond donors (Lipinski definition) is 1. The Morgan fingerprint density at radius 1 is 1.37 bits per heavy atom. The molecule has 0 aliphatic rings. The number of ether oxygens (including phenoxy) is 2. The predicted octanol–water partition coefficient (Wildman–Crippen LogP) is 2.92. The minimum Gasteiger partial charge on any atom is -0.495 e. The molecule has 1 aromatic carbocycles. The Morgan fingerprint density at radius 3 is 2.68 bits per heavy atom. The van der Waals surface area contributed by atoms with Gasteiger partial charge in [-0.1, -0.05) is 19.1 Å². The number of methoxy groups -OCH3 is 2. The zero-order valence-electron chi connectivity index (χ0n) is 11.9. The van der Waals surface area contributed by atoms with Gasteiger partial charge >= 0.3 is 5.97 Å². The van der Waals surface area contributed by atoms with Gasteiger partial charge in [-0.2, -0.15) is 0 Å². The lowest BCUT2D eigenvalue weighted by Crippen LogP contribution is -2.07. The highest BCUT2D eigenvalue weighted by Gasteiger charge is 2.06. The van der Waals surface area contributed by atoms with Crippen molar-refractivity contribution >= 4 is 11.7 Å². The summed E-state index contributed by atoms with van der Waals surface area (Å²) < 4.78 is 9.99. The lowest BCUT2D eigenvalue weighted by molar-refractivity contribution is -0.136. The van der Waals surface area contributed by atoms with E-state index >= 15 is 0 Å². The van der Waals surface area contributed by atoms with Crippen molar-refractivity contribution in [2.24, 2.45) is 0 Å². The van der Waals surface area contributed by atoms with Crippen LogP contribution in [0.2, 0.25) is 0 Å². The molecule has 4 heteroatoms. The van der Waals surface area contributed by atoms with Gasteiger partial charge in [0.25, 0.3) is 0 Å². The molecular formula is C15H21NO3. The second-order valence-electron chi connectivity index (χ2n) is 4.16. The van der Waals surface area contributed by atoms with Crippen LogP contribution in [0.4, 0.5) is 5.69 Å². The summed E-state index contributed by atoms with van der Waals surface area (Å²) in [5, 5.41) is 3.24. The van der Waals surface area contributed by atoms with Crippen LogP contribution in [0, 0.1) is 6.92 Å². The molecule has 104 valence electrons. The van der Waals surface area contributed by atoms with E-state index in [1.54, 1.807) is 7.11 Å². The first-order valence-electron chi connectivity index (χ1n) is 6.28. The summed E-state index contributed by atoms with van der Waals surface area (Å²) in [5.41, 5.74) is 2.73. The van der Waals surface area contributed by atoms with E-state index in [-0.39, 0.29) is 5.97 Å². The highest BCUT2D eigenvalue weighted by molar-refractivity contribution is 5.88. The van der Waals surface area contributed by atoms with Crippen LogP contribution < -0.4 is 10.1 Å². The summed E-state index contributed by atoms with van der Waals surface area (Å²) in [4.78, 5) is 11.4. The number of carbonyl (C=O) groups excluding carboxylic acids is 1. The number of rotatable bonds is 6. The first-order valence-corrected chi connectivity index (χ1v) is 6.28. The van der Waals surface area contributed by atoms with Crippen molar-refractivity contribution in [3.8, 4) is 5.75 Å². The lowest BCUT2D eigenvalue weighted by Gasteiger charge is -2.11. The average Bonchev–Trinajstić information content (AvgIpc) is 2.43. The quantitative estimate of drug-likeness (QED) is 0.633. The Kier molecular flexibility index (Phi) is 5.93. The van der Waals surface area contributed by atoms with Gasteiger partial charge in [0.15, 0.2) is 0 Å². The molecule has 1 N–H and O–H groups in total. The van der Waals surface area contributed by atoms with E-state index in [1.807, 2.05) is 38.1 Å². The van der Waals surface area contributed by atoms with Gasteiger partial charge in [0.05, 0.1) is 19.9 Å². The molecule has 0 unspecified atom stereocenters. The second kappa shape index (κ2) is 7.46. The van der Waals surface area contributed by atoms with Crippen molar-refractivity contribution in [3.05, 3.63) is 35.4 Å². The largest absolute Gasteiger partial charge is 0.495 e. The summed E-state index contributed by atoms with van der Waals surface area (Å²) in [5.74, 6) is 0.510. The molecule has 4 nitrogen and oxygen atoms in total. The molecular weight excluding hydrogens is 242 g/mol. The van der Waals surface area contributed by atoms with Crippen LogP contribution in [0.25, 0.3) is 0 Å². The topological polar surface area (TPSA) is 47.6 Å². The standard InChI is InChI=1S/C15H21NO3/c1-5-12(15(17)19-4)8-9-16-13-10-11(2)6-7-14(13)18-3/h6-8,10,16H,5,9H2,1-4H3/b12-8-. The van der Waals surface area contributed by atoms with Crippen LogP contribution in [0.5, 0.6) is 5.75 Å². The van der Waals surface area contributed by atoms with Crippen molar-refractivity contribution in [1.29, 1.82) is 0 Å². The van der Waals surface area contributed by atoms with Gasteiger partial charge in [-0.05, 0) is 31.0 Å². The van der Waals surface area contributed by atoms with E-state index in [0.717, 1.165) is 17.0 Å². The number of anilines is 1. The van der Waals surface area contributed by atoms with Crippen molar-refractivity contribution in [3.63, 3.8) is 0 Å². The summed E-state index contributed by atoms with van der Waals surface area (Å²) in [6, 6.07) is 5.92. The molecule has 0 aromatic heterocycles. The van der Waals surface area contributed by atoms with Crippen molar-refractivity contribution in [1.82, 2.24) is 0 Å². The van der Waals surface area contributed by atoms with Crippen LogP contribution >= 0.6 is 0 Å². The number of nitrogens with one attached hydrogen (secondary N) is 1. The van der Waals surface area contributed by atoms with Gasteiger partial charge in [0, 0.05) is 12.1 Å². The fourth-order valence-electron chi connectivity index (χ4n) is 1.75. The molecule has 1 rings (SSSR count). The molecule has 0 bridgehead atoms. The Balaban J connectivity index is 2.73. The molecule has 0 heterocycles. The van der Waals surface area contributed by atoms with Crippen LogP contribution in [0.15, 0.2) is 29.8 Å². The van der Waals surface area contributed by atoms with Gasteiger partial charge in [0.1, 0.15) is 5.75 Å². The van der Waals surface area contributed by atoms with Crippen LogP contribution in [-0.2, 0) is 9.53 Å². The number of hydrogen-bond acceptors (Lipinski definition) is 4. The Labute approximate surface area is 114 Å². The summed E-state index contributed by atoms with van der Waals surface area (Å²) in [6.07, 6.45) is 2.49. The maximum absolute atomic E-state index is 11.4. The van der Waals surface area contributed by atoms with Gasteiger partial charge in [0.2, 0.25) is 0 Å². The van der Waals surface area contributed by atoms with Gasteiger partial charge in [-0.3, -0.25) is 0 Å². The van der Waals surface area contributed by atoms with E-state index in [9.17, 15) is 4.79 Å². The van der Waals surface area contributed by atoms with Crippen LogP contribution in [-0.4, -0.2) is 26.7 Å². The smallest absolute Gasteiger partial charge is 0.333 e. The van der Waals surface area contributed by atoms with Crippen LogP contribution in [0.3, 0.4) is 0 Å². The summed E-state index contributed by atoms with van der Waals surface area (Å²) in [6.45, 7) is 4.50. The zero-order valence-corrected chi connectivity index (χ0v) is 11.9. The molecule has 0 amide bonds. The average molecular weight is 263 g/mol. The molecule has 0 saturated heterocycles. The molecule has 0 fully saturated rings. The maximum atomic E-state index is 11.4. The highest BCUT2D eigenvalue weighted by Crippen LogP contribution is 2.24. The van der Waals surface area contributed by atoms with E-state index in [4.69, 9.17) is 9.47 Å². The zero-order chi connectivity index (χ0) is 14.3. The third kappa shape index (κ3) is 4.32. The molecule has 0 saturated carbocycles. The Hall–Kier alpha value is -1.97. The second-order valence-corrected chi connectivity index (χ2v) is 4.16. The monoisotopic (exact) mass is 263 g/mol. The Bertz CT molecular complexity index is 466. The Morgan fingerprint density at radius 2 is 2.11 bits per heavy atom. The molecule has 19 heavy (non-hydrogen) atoms. The minimum absolute atomic E-state index is 0.277. The number of aryl methyl sites for hydroxylation is 1. The van der Waals surface area contributed by atoms with Gasteiger partial charge in [-0.25, -0.2) is 4.79 Å². The van der Waals surface area contributed by atoms with Crippen molar-refractivity contribution < 1.29 is 14.3 Å². The SMILES string of the molecule is CC/C(=C/CNc1cc(C)ccc1OC)C(=O)OC. The van der Waals surface area contributed by atoms with E-state index < -0.39 is 0 Å². The number of carbonyl (C=O) groups is 1. The molecule has 1 aromatic rings. The van der Waals surface area contributed by atoms with Crippen molar-refractivity contribution in [2.45, 2.75) is 20.3 Å². The first-order chi connectivity index (χ1) is 9.12. The minimum atomic E-state index is -0.277. The summed E-state index contributed by atoms with van der Waals surface area (Å²) >= 11 is 0. The van der Waals surface area contributed by atoms with Crippen molar-refractivity contribution in [2.75, 3.05) is 26.1 Å². The molecule has 0 aliphatic carbocycles. The highest BCUT2D eigenvalue weighted by atomic mass is 16.5. The molecule has 0 radical (unpaired) electrons. The van der Waals surface area contributed by atoms with E-state index in [0.29, 0.717) is 18.5 Å². The lowest BCUT2D eigenvalue weighted by atomic mass is 10.2. The van der Waals surface area contributed by atoms with E-state index in [2.05, 4.69) is 5.32 Å². The first kappa shape index (κ1) is 15.1.